The molecule has 11 heteroatoms. The van der Waals surface area contributed by atoms with Crippen molar-refractivity contribution in [1.29, 1.82) is 0 Å². The van der Waals surface area contributed by atoms with Crippen LogP contribution in [0, 0.1) is 3.57 Å². The Balaban J connectivity index is 3.91. The summed E-state index contributed by atoms with van der Waals surface area (Å²) in [6.45, 7) is 0. The Morgan fingerprint density at radius 2 is 1.47 bits per heavy atom. The van der Waals surface area contributed by atoms with Crippen LogP contribution in [0.3, 0.4) is 0 Å². The van der Waals surface area contributed by atoms with Crippen LogP contribution in [0.15, 0.2) is 17.0 Å². The van der Waals surface area contributed by atoms with Gasteiger partial charge in [0.1, 0.15) is 4.90 Å². The van der Waals surface area contributed by atoms with Crippen molar-refractivity contribution in [2.75, 3.05) is 0 Å². The van der Waals surface area contributed by atoms with Gasteiger partial charge in [-0.25, -0.2) is 15.7 Å². The fraction of sp³-hybridized carbons (Fsp3) is 0. The third-order valence-corrected chi connectivity index (χ3v) is 4.71. The van der Waals surface area contributed by atoms with Gasteiger partial charge in [0.15, 0.2) is 0 Å². The molecule has 0 saturated heterocycles. The van der Waals surface area contributed by atoms with Gasteiger partial charge in [-0.1, -0.05) is 0 Å². The van der Waals surface area contributed by atoms with Gasteiger partial charge in [-0.3, -0.25) is 4.55 Å². The van der Waals surface area contributed by atoms with Crippen LogP contribution in [0.25, 0.3) is 0 Å². The van der Waals surface area contributed by atoms with E-state index in [0.29, 0.717) is 12.1 Å². The highest BCUT2D eigenvalue weighted by molar-refractivity contribution is 14.2. The number of carboxylic acids is 2. The minimum Gasteiger partial charge on any atom is -0.478 e. The van der Waals surface area contributed by atoms with Crippen LogP contribution in [0.4, 0.5) is 0 Å². The van der Waals surface area contributed by atoms with Crippen LogP contribution in [-0.2, 0) is 16.3 Å². The molecule has 1 aromatic rings. The van der Waals surface area contributed by atoms with Crippen molar-refractivity contribution in [2.45, 2.75) is 4.90 Å². The van der Waals surface area contributed by atoms with E-state index in [9.17, 15) is 24.1 Å². The Bertz CT molecular complexity index is 736. The molecule has 0 bridgehead atoms. The first-order valence-corrected chi connectivity index (χ1v) is 8.51. The second-order valence-electron chi connectivity index (χ2n) is 3.13. The Hall–Kier alpha value is -1.60. The molecule has 0 aliphatic carbocycles. The van der Waals surface area contributed by atoms with Crippen LogP contribution >= 0.6 is 19.8 Å². The minimum atomic E-state index is -5.01. The van der Waals surface area contributed by atoms with Gasteiger partial charge in [0.25, 0.3) is 10.1 Å². The molecule has 0 aliphatic rings. The van der Waals surface area contributed by atoms with Crippen molar-refractivity contribution >= 4 is 41.8 Å². The number of benzene rings is 1. The van der Waals surface area contributed by atoms with Crippen molar-refractivity contribution in [3.8, 4) is 0 Å². The van der Waals surface area contributed by atoms with E-state index in [4.69, 9.17) is 14.8 Å². The standard InChI is InChI=1S/C8H5IO9S/c10-7(11)3-2-6(19(16,17)18)4(8(12)13)1-5(3)9(14)15/h1-2H,(H,10,11)(H,12,13)(H,16,17,18). The SMILES string of the molecule is O=C(O)c1cc(S(=O)(=O)O)c(C(=O)O)cc1I(=O)=O. The molecule has 1 rings (SSSR count). The summed E-state index contributed by atoms with van der Waals surface area (Å²) in [5, 5.41) is 17.5. The molecule has 19 heavy (non-hydrogen) atoms. The molecule has 9 nitrogen and oxygen atoms in total. The molecule has 3 N–H and O–H groups in total. The van der Waals surface area contributed by atoms with Gasteiger partial charge in [0.2, 0.25) is 0 Å². The molecule has 0 aliphatic heterocycles. The van der Waals surface area contributed by atoms with Crippen LogP contribution in [0.5, 0.6) is 0 Å². The molecule has 0 spiro atoms. The van der Waals surface area contributed by atoms with Crippen LogP contribution in [-0.4, -0.2) is 35.1 Å². The summed E-state index contributed by atoms with van der Waals surface area (Å²) in [7, 11) is -5.01. The highest BCUT2D eigenvalue weighted by atomic mass is 127. The van der Waals surface area contributed by atoms with Crippen LogP contribution in [0.2, 0.25) is 0 Å². The average Bonchev–Trinajstić information content (AvgIpc) is 2.25. The van der Waals surface area contributed by atoms with Crippen molar-refractivity contribution in [1.82, 2.24) is 0 Å². The molecular formula is C8H5IO9S. The van der Waals surface area contributed by atoms with E-state index >= 15 is 0 Å². The zero-order valence-corrected chi connectivity index (χ0v) is 11.7. The lowest BCUT2D eigenvalue weighted by molar-refractivity contribution is 0.0676. The fourth-order valence-electron chi connectivity index (χ4n) is 1.23. The van der Waals surface area contributed by atoms with Crippen molar-refractivity contribution < 1.29 is 38.9 Å². The number of carboxylic acid groups (broad SMARTS) is 2. The zero-order valence-electron chi connectivity index (χ0n) is 8.73. The Kier molecular flexibility index (Phi) is 4.21. The summed E-state index contributed by atoms with van der Waals surface area (Å²) in [4.78, 5) is 20.4. The summed E-state index contributed by atoms with van der Waals surface area (Å²) < 4.78 is 51.8. The first-order chi connectivity index (χ1) is 8.55. The highest BCUT2D eigenvalue weighted by Crippen LogP contribution is 2.28. The molecule has 0 fully saturated rings. The van der Waals surface area contributed by atoms with Crippen LogP contribution in [0.1, 0.15) is 20.7 Å². The summed E-state index contributed by atoms with van der Waals surface area (Å²) in [5.74, 6) is -3.57. The Morgan fingerprint density at radius 1 is 1.00 bits per heavy atom. The monoisotopic (exact) mass is 404 g/mol. The van der Waals surface area contributed by atoms with E-state index in [-0.39, 0.29) is 0 Å². The van der Waals surface area contributed by atoms with E-state index in [1.165, 1.54) is 0 Å². The number of rotatable bonds is 4. The van der Waals surface area contributed by atoms with Gasteiger partial charge < -0.3 is 10.2 Å². The van der Waals surface area contributed by atoms with E-state index in [1.54, 1.807) is 0 Å². The van der Waals surface area contributed by atoms with Crippen molar-refractivity contribution in [3.05, 3.63) is 26.8 Å². The number of hydrogen-bond acceptors (Lipinski definition) is 6. The predicted molar refractivity (Wildman–Crippen MR) is 64.3 cm³/mol. The van der Waals surface area contributed by atoms with Crippen molar-refractivity contribution in [3.63, 3.8) is 0 Å². The normalized spacial score (nSPS) is 11.5. The molecular weight excluding hydrogens is 399 g/mol. The molecule has 0 amide bonds. The third-order valence-electron chi connectivity index (χ3n) is 1.97. The Morgan fingerprint density at radius 3 is 1.79 bits per heavy atom. The fourth-order valence-corrected chi connectivity index (χ4v) is 3.34. The number of aromatic carboxylic acids is 2. The van der Waals surface area contributed by atoms with Gasteiger partial charge in [-0.2, -0.15) is 8.42 Å². The second-order valence-corrected chi connectivity index (χ2v) is 6.92. The van der Waals surface area contributed by atoms with Crippen LogP contribution < -0.4 is 0 Å². The minimum absolute atomic E-state index is 0.302. The number of hydrogen-bond donors (Lipinski definition) is 3. The van der Waals surface area contributed by atoms with Gasteiger partial charge in [0.05, 0.1) is 14.7 Å². The largest absolute Gasteiger partial charge is 0.478 e. The topological polar surface area (TPSA) is 163 Å². The molecule has 0 unspecified atom stereocenters. The van der Waals surface area contributed by atoms with Gasteiger partial charge in [0, 0.05) is 0 Å². The van der Waals surface area contributed by atoms with Gasteiger partial charge in [-0.05, 0) is 12.1 Å². The third kappa shape index (κ3) is 3.24. The molecule has 0 atom stereocenters. The maximum Gasteiger partial charge on any atom is 0.341 e. The maximum absolute atomic E-state index is 11.0. The maximum atomic E-state index is 11.0. The predicted octanol–water partition coefficient (Wildman–Crippen LogP) is 0.697. The van der Waals surface area contributed by atoms with E-state index in [2.05, 4.69) is 0 Å². The number of halogens is 1. The molecule has 0 heterocycles. The lowest BCUT2D eigenvalue weighted by Gasteiger charge is -2.06. The summed E-state index contributed by atoms with van der Waals surface area (Å²) in [6.07, 6.45) is 0. The molecule has 1 aromatic carbocycles. The smallest absolute Gasteiger partial charge is 0.341 e. The highest BCUT2D eigenvalue weighted by Gasteiger charge is 2.26. The molecule has 104 valence electrons. The van der Waals surface area contributed by atoms with E-state index in [1.807, 2.05) is 0 Å². The summed E-state index contributed by atoms with van der Waals surface area (Å²) >= 11 is -4.36. The lowest BCUT2D eigenvalue weighted by Crippen LogP contribution is -2.12. The van der Waals surface area contributed by atoms with Gasteiger partial charge in [-0.15, -0.1) is 0 Å². The zero-order chi connectivity index (χ0) is 15.0. The second kappa shape index (κ2) is 5.18. The summed E-state index contributed by atoms with van der Waals surface area (Å²) in [5.41, 5.74) is -1.93. The van der Waals surface area contributed by atoms with Crippen molar-refractivity contribution in [2.24, 2.45) is 0 Å². The average molecular weight is 404 g/mol. The summed E-state index contributed by atoms with van der Waals surface area (Å²) in [6, 6.07) is 0.705. The Labute approximate surface area is 112 Å². The first kappa shape index (κ1) is 15.5. The van der Waals surface area contributed by atoms with Gasteiger partial charge >= 0.3 is 31.7 Å². The van der Waals surface area contributed by atoms with E-state index in [0.717, 1.165) is 0 Å². The quantitative estimate of drug-likeness (QED) is 0.484. The van der Waals surface area contributed by atoms with E-state index < -0.39 is 61.4 Å². The molecule has 0 saturated carbocycles. The lowest BCUT2D eigenvalue weighted by atomic mass is 10.1. The first-order valence-electron chi connectivity index (χ1n) is 4.23. The number of carbonyl (C=O) groups is 2. The molecule has 0 radical (unpaired) electrons. The molecule has 0 aromatic heterocycles.